The van der Waals surface area contributed by atoms with Gasteiger partial charge in [0, 0.05) is 12.3 Å². The van der Waals surface area contributed by atoms with Gasteiger partial charge in [-0.05, 0) is 6.54 Å². The van der Waals surface area contributed by atoms with Crippen LogP contribution in [0.3, 0.4) is 0 Å². The van der Waals surface area contributed by atoms with Crippen LogP contribution in [0.1, 0.15) is 6.92 Å². The van der Waals surface area contributed by atoms with Crippen molar-refractivity contribution < 1.29 is 4.42 Å². The Morgan fingerprint density at radius 1 is 1.77 bits per heavy atom. The van der Waals surface area contributed by atoms with E-state index >= 15 is 0 Å². The molecule has 0 radical (unpaired) electrons. The molecule has 0 saturated heterocycles. The van der Waals surface area contributed by atoms with Crippen molar-refractivity contribution >= 4 is 11.8 Å². The zero-order chi connectivity index (χ0) is 9.52. The van der Waals surface area contributed by atoms with E-state index < -0.39 is 0 Å². The van der Waals surface area contributed by atoms with E-state index in [0.29, 0.717) is 5.22 Å². The molecular weight excluding hydrogens is 184 g/mol. The van der Waals surface area contributed by atoms with Crippen molar-refractivity contribution in [1.29, 1.82) is 0 Å². The summed E-state index contributed by atoms with van der Waals surface area (Å²) in [5.41, 5.74) is 1.16. The van der Waals surface area contributed by atoms with Crippen molar-refractivity contribution in [3.05, 3.63) is 24.6 Å². The van der Waals surface area contributed by atoms with E-state index in [1.165, 1.54) is 0 Å². The van der Waals surface area contributed by atoms with E-state index in [1.54, 1.807) is 24.2 Å². The summed E-state index contributed by atoms with van der Waals surface area (Å²) in [7, 11) is 0. The highest BCUT2D eigenvalue weighted by Gasteiger charge is 1.99. The molecule has 0 atom stereocenters. The summed E-state index contributed by atoms with van der Waals surface area (Å²) in [5.74, 6) is 0.855. The fourth-order valence-electron chi connectivity index (χ4n) is 0.798. The second kappa shape index (κ2) is 5.83. The largest absolute Gasteiger partial charge is 0.440 e. The average Bonchev–Trinajstić information content (AvgIpc) is 2.64. The number of oxazole rings is 1. The minimum absolute atomic E-state index is 0.706. The van der Waals surface area contributed by atoms with E-state index in [-0.39, 0.29) is 0 Å². The van der Waals surface area contributed by atoms with E-state index in [0.717, 1.165) is 24.4 Å². The summed E-state index contributed by atoms with van der Waals surface area (Å²) in [4.78, 5) is 4.00. The summed E-state index contributed by atoms with van der Waals surface area (Å²) in [6.07, 6.45) is 3.23. The van der Waals surface area contributed by atoms with Gasteiger partial charge in [-0.1, -0.05) is 30.8 Å². The van der Waals surface area contributed by atoms with Gasteiger partial charge in [-0.25, -0.2) is 4.98 Å². The van der Waals surface area contributed by atoms with Crippen LogP contribution < -0.4 is 5.32 Å². The van der Waals surface area contributed by atoms with E-state index in [2.05, 4.69) is 23.8 Å². The van der Waals surface area contributed by atoms with E-state index in [9.17, 15) is 0 Å². The Bertz CT molecular complexity index is 246. The lowest BCUT2D eigenvalue weighted by Gasteiger charge is -2.03. The van der Waals surface area contributed by atoms with Gasteiger partial charge in [0.2, 0.25) is 0 Å². The highest BCUT2D eigenvalue weighted by atomic mass is 32.2. The predicted molar refractivity (Wildman–Crippen MR) is 54.9 cm³/mol. The van der Waals surface area contributed by atoms with Gasteiger partial charge in [-0.3, -0.25) is 0 Å². The molecule has 0 aromatic carbocycles. The van der Waals surface area contributed by atoms with E-state index in [1.807, 2.05) is 0 Å². The van der Waals surface area contributed by atoms with Crippen molar-refractivity contribution in [1.82, 2.24) is 10.3 Å². The molecule has 0 aliphatic carbocycles. The number of thioether (sulfide) groups is 1. The van der Waals surface area contributed by atoms with Crippen LogP contribution in [0.5, 0.6) is 0 Å². The van der Waals surface area contributed by atoms with Crippen molar-refractivity contribution in [3.8, 4) is 0 Å². The van der Waals surface area contributed by atoms with Gasteiger partial charge in [-0.2, -0.15) is 0 Å². The maximum Gasteiger partial charge on any atom is 0.255 e. The van der Waals surface area contributed by atoms with Crippen LogP contribution in [0.4, 0.5) is 0 Å². The molecule has 0 amide bonds. The Morgan fingerprint density at radius 3 is 3.23 bits per heavy atom. The third-order valence-electron chi connectivity index (χ3n) is 1.43. The fourth-order valence-corrected chi connectivity index (χ4v) is 1.49. The lowest BCUT2D eigenvalue weighted by molar-refractivity contribution is 0.454. The van der Waals surface area contributed by atoms with Crippen LogP contribution in [0.15, 0.2) is 34.3 Å². The Kier molecular flexibility index (Phi) is 4.64. The molecule has 1 aromatic heterocycles. The molecule has 0 fully saturated rings. The first-order valence-corrected chi connectivity index (χ1v) is 5.21. The molecule has 1 N–H and O–H groups in total. The summed E-state index contributed by atoms with van der Waals surface area (Å²) in [6.45, 7) is 7.86. The molecule has 3 nitrogen and oxygen atoms in total. The highest BCUT2D eigenvalue weighted by molar-refractivity contribution is 7.99. The Labute approximate surface area is 82.6 Å². The maximum atomic E-state index is 5.08. The first kappa shape index (κ1) is 10.3. The zero-order valence-corrected chi connectivity index (χ0v) is 8.56. The number of aromatic nitrogens is 1. The first-order chi connectivity index (χ1) is 6.33. The normalized spacial score (nSPS) is 10.2. The molecule has 0 aliphatic heterocycles. The third-order valence-corrected chi connectivity index (χ3v) is 2.44. The number of hydrogen-bond donors (Lipinski definition) is 1. The van der Waals surface area contributed by atoms with Crippen LogP contribution in [0, 0.1) is 0 Å². The van der Waals surface area contributed by atoms with E-state index in [4.69, 9.17) is 4.42 Å². The third kappa shape index (κ3) is 4.15. The van der Waals surface area contributed by atoms with Crippen LogP contribution in [-0.4, -0.2) is 23.8 Å². The first-order valence-electron chi connectivity index (χ1n) is 4.22. The SMILES string of the molecule is C=C(CNCC)CSc1ncco1. The lowest BCUT2D eigenvalue weighted by atomic mass is 10.3. The number of nitrogens with zero attached hydrogens (tertiary/aromatic N) is 1. The zero-order valence-electron chi connectivity index (χ0n) is 7.75. The smallest absolute Gasteiger partial charge is 0.255 e. The molecule has 4 heteroatoms. The topological polar surface area (TPSA) is 38.1 Å². The van der Waals surface area contributed by atoms with Gasteiger partial charge in [0.15, 0.2) is 0 Å². The van der Waals surface area contributed by atoms with Crippen LogP contribution in [0.25, 0.3) is 0 Å². The second-order valence-corrected chi connectivity index (χ2v) is 3.54. The minimum atomic E-state index is 0.706. The van der Waals surface area contributed by atoms with Crippen molar-refractivity contribution in [2.75, 3.05) is 18.8 Å². The number of hydrogen-bond acceptors (Lipinski definition) is 4. The monoisotopic (exact) mass is 198 g/mol. The predicted octanol–water partition coefficient (Wildman–Crippen LogP) is 1.93. The average molecular weight is 198 g/mol. The van der Waals surface area contributed by atoms with Gasteiger partial charge in [0.25, 0.3) is 5.22 Å². The molecule has 1 rings (SSSR count). The fraction of sp³-hybridized carbons (Fsp3) is 0.444. The summed E-state index contributed by atoms with van der Waals surface area (Å²) < 4.78 is 5.08. The van der Waals surface area contributed by atoms with Crippen molar-refractivity contribution in [2.24, 2.45) is 0 Å². The number of rotatable bonds is 6. The molecule has 13 heavy (non-hydrogen) atoms. The minimum Gasteiger partial charge on any atom is -0.440 e. The van der Waals surface area contributed by atoms with Gasteiger partial charge >= 0.3 is 0 Å². The molecule has 0 aliphatic rings. The van der Waals surface area contributed by atoms with Gasteiger partial charge in [0.1, 0.15) is 6.26 Å². The van der Waals surface area contributed by atoms with Gasteiger partial charge < -0.3 is 9.73 Å². The maximum absolute atomic E-state index is 5.08. The molecule has 1 aromatic rings. The number of nitrogens with one attached hydrogen (secondary N) is 1. The highest BCUT2D eigenvalue weighted by Crippen LogP contribution is 2.16. The van der Waals surface area contributed by atoms with Crippen LogP contribution in [-0.2, 0) is 0 Å². The molecular formula is C9H14N2OS. The van der Waals surface area contributed by atoms with Gasteiger partial charge in [-0.15, -0.1) is 0 Å². The van der Waals surface area contributed by atoms with Crippen molar-refractivity contribution in [2.45, 2.75) is 12.1 Å². The van der Waals surface area contributed by atoms with Gasteiger partial charge in [0.05, 0.1) is 6.20 Å². The Balaban J connectivity index is 2.15. The number of likely N-dealkylation sites (N-methyl/N-ethyl adjacent to an activating group) is 1. The standard InChI is InChI=1S/C9H14N2OS/c1-3-10-6-8(2)7-13-9-11-4-5-12-9/h4-5,10H,2-3,6-7H2,1H3. The quantitative estimate of drug-likeness (QED) is 0.560. The molecule has 1 heterocycles. The molecule has 72 valence electrons. The molecule has 0 bridgehead atoms. The summed E-state index contributed by atoms with van der Waals surface area (Å²) >= 11 is 1.57. The lowest BCUT2D eigenvalue weighted by Crippen LogP contribution is -2.16. The van der Waals surface area contributed by atoms with Crippen LogP contribution >= 0.6 is 11.8 Å². The Hall–Kier alpha value is -0.740. The molecule has 0 saturated carbocycles. The summed E-state index contributed by atoms with van der Waals surface area (Å²) in [6, 6.07) is 0. The summed E-state index contributed by atoms with van der Waals surface area (Å²) in [5, 5.41) is 3.92. The van der Waals surface area contributed by atoms with Crippen molar-refractivity contribution in [3.63, 3.8) is 0 Å². The molecule has 0 unspecified atom stereocenters. The second-order valence-electron chi connectivity index (χ2n) is 2.62. The molecule has 0 spiro atoms. The van der Waals surface area contributed by atoms with Crippen LogP contribution in [0.2, 0.25) is 0 Å². The Morgan fingerprint density at radius 2 is 2.62 bits per heavy atom.